The van der Waals surface area contributed by atoms with Crippen LogP contribution in [0.4, 0.5) is 9.52 Å². The Morgan fingerprint density at radius 1 is 1.06 bits per heavy atom. The van der Waals surface area contributed by atoms with Crippen LogP contribution in [0.15, 0.2) is 75.9 Å². The van der Waals surface area contributed by atoms with Crippen LogP contribution in [0.1, 0.15) is 40.2 Å². The van der Waals surface area contributed by atoms with Crippen molar-refractivity contribution in [1.82, 2.24) is 4.98 Å². The van der Waals surface area contributed by atoms with Gasteiger partial charge in [-0.25, -0.2) is 9.37 Å². The Balaban J connectivity index is 1.64. The summed E-state index contributed by atoms with van der Waals surface area (Å²) in [7, 11) is 0. The SMILES string of the molecule is CCc1ccc2nc(N3C(=O)c4oc5ccccc5c(=O)c4[C@@H]3c3ccccc3F)sc2c1. The highest BCUT2D eigenvalue weighted by Crippen LogP contribution is 2.44. The molecular formula is C26H17FN2O3S. The zero-order valence-corrected chi connectivity index (χ0v) is 18.4. The summed E-state index contributed by atoms with van der Waals surface area (Å²) in [5, 5.41) is 0.746. The maximum absolute atomic E-state index is 15.0. The van der Waals surface area contributed by atoms with E-state index in [0.29, 0.717) is 16.1 Å². The smallest absolute Gasteiger partial charge is 0.297 e. The van der Waals surface area contributed by atoms with Gasteiger partial charge in [-0.2, -0.15) is 0 Å². The number of hydrogen-bond acceptors (Lipinski definition) is 5. The number of benzene rings is 3. The van der Waals surface area contributed by atoms with E-state index in [-0.39, 0.29) is 22.3 Å². The fourth-order valence-electron chi connectivity index (χ4n) is 4.39. The average Bonchev–Trinajstić information content (AvgIpc) is 3.37. The molecule has 0 spiro atoms. The second kappa shape index (κ2) is 7.35. The fraction of sp³-hybridized carbons (Fsp3) is 0.115. The molecule has 0 radical (unpaired) electrons. The summed E-state index contributed by atoms with van der Waals surface area (Å²) in [6.45, 7) is 2.07. The van der Waals surface area contributed by atoms with Crippen molar-refractivity contribution in [3.8, 4) is 0 Å². The van der Waals surface area contributed by atoms with Crippen molar-refractivity contribution in [2.45, 2.75) is 19.4 Å². The summed E-state index contributed by atoms with van der Waals surface area (Å²) >= 11 is 1.34. The van der Waals surface area contributed by atoms with Gasteiger partial charge in [0, 0.05) is 5.56 Å². The third kappa shape index (κ3) is 2.93. The van der Waals surface area contributed by atoms with Crippen molar-refractivity contribution in [3.63, 3.8) is 0 Å². The largest absolute Gasteiger partial charge is 0.450 e. The number of para-hydroxylation sites is 1. The van der Waals surface area contributed by atoms with Crippen molar-refractivity contribution in [3.05, 3.63) is 105 Å². The molecule has 3 heterocycles. The van der Waals surface area contributed by atoms with Gasteiger partial charge in [-0.3, -0.25) is 14.5 Å². The first kappa shape index (κ1) is 19.8. The van der Waals surface area contributed by atoms with Crippen molar-refractivity contribution >= 4 is 43.6 Å². The lowest BCUT2D eigenvalue weighted by molar-refractivity contribution is 0.0971. The van der Waals surface area contributed by atoms with E-state index in [0.717, 1.165) is 22.2 Å². The first-order chi connectivity index (χ1) is 16.1. The number of amides is 1. The van der Waals surface area contributed by atoms with Crippen LogP contribution >= 0.6 is 11.3 Å². The molecule has 0 saturated carbocycles. The minimum atomic E-state index is -0.972. The highest BCUT2D eigenvalue weighted by atomic mass is 32.1. The molecule has 3 aromatic carbocycles. The van der Waals surface area contributed by atoms with Gasteiger partial charge < -0.3 is 4.42 Å². The second-order valence-electron chi connectivity index (χ2n) is 7.92. The monoisotopic (exact) mass is 456 g/mol. The van der Waals surface area contributed by atoms with E-state index in [1.54, 1.807) is 42.5 Å². The molecule has 0 saturated heterocycles. The van der Waals surface area contributed by atoms with Crippen molar-refractivity contribution < 1.29 is 13.6 Å². The summed E-state index contributed by atoms with van der Waals surface area (Å²) in [5.41, 5.74) is 2.24. The van der Waals surface area contributed by atoms with Crippen LogP contribution in [0, 0.1) is 5.82 Å². The molecule has 2 aromatic heterocycles. The molecule has 0 unspecified atom stereocenters. The molecule has 1 amide bonds. The Morgan fingerprint density at radius 3 is 2.67 bits per heavy atom. The molecule has 7 heteroatoms. The highest BCUT2D eigenvalue weighted by molar-refractivity contribution is 7.22. The Bertz CT molecular complexity index is 1640. The summed E-state index contributed by atoms with van der Waals surface area (Å²) < 4.78 is 21.8. The Morgan fingerprint density at radius 2 is 1.85 bits per heavy atom. The van der Waals surface area contributed by atoms with Crippen LogP contribution < -0.4 is 10.3 Å². The molecular weight excluding hydrogens is 439 g/mol. The van der Waals surface area contributed by atoms with E-state index in [9.17, 15) is 9.59 Å². The standard InChI is InChI=1S/C26H17FN2O3S/c1-2-14-11-12-18-20(13-14)33-26(28-18)29-22(15-7-3-5-9-17(15)27)21-23(30)16-8-4-6-10-19(16)32-24(21)25(29)31/h3-13,22H,2H2,1H3/t22-/m0/s1. The Kier molecular flexibility index (Phi) is 4.41. The van der Waals surface area contributed by atoms with Gasteiger partial charge in [-0.1, -0.05) is 54.7 Å². The highest BCUT2D eigenvalue weighted by Gasteiger charge is 2.45. The first-order valence-electron chi connectivity index (χ1n) is 10.6. The topological polar surface area (TPSA) is 63.4 Å². The Hall–Kier alpha value is -3.84. The average molecular weight is 456 g/mol. The van der Waals surface area contributed by atoms with E-state index in [1.165, 1.54) is 22.3 Å². The summed E-state index contributed by atoms with van der Waals surface area (Å²) in [6.07, 6.45) is 0.875. The van der Waals surface area contributed by atoms with Crippen molar-refractivity contribution in [1.29, 1.82) is 0 Å². The Labute approximate surface area is 191 Å². The lowest BCUT2D eigenvalue weighted by Gasteiger charge is -2.22. The number of thiazole rings is 1. The normalized spacial score (nSPS) is 15.5. The molecule has 162 valence electrons. The van der Waals surface area contributed by atoms with Crippen LogP contribution in [-0.2, 0) is 6.42 Å². The maximum atomic E-state index is 15.0. The lowest BCUT2D eigenvalue weighted by atomic mass is 9.98. The maximum Gasteiger partial charge on any atom is 0.297 e. The molecule has 1 aliphatic rings. The molecule has 0 aliphatic carbocycles. The molecule has 0 fully saturated rings. The predicted molar refractivity (Wildman–Crippen MR) is 127 cm³/mol. The molecule has 1 atom stereocenters. The number of aryl methyl sites for hydroxylation is 1. The van der Waals surface area contributed by atoms with E-state index in [4.69, 9.17) is 4.42 Å². The molecule has 5 nitrogen and oxygen atoms in total. The molecule has 0 bridgehead atoms. The molecule has 33 heavy (non-hydrogen) atoms. The van der Waals surface area contributed by atoms with Gasteiger partial charge in [-0.15, -0.1) is 0 Å². The minimum absolute atomic E-state index is 0.0690. The van der Waals surface area contributed by atoms with E-state index >= 15 is 4.39 Å². The van der Waals surface area contributed by atoms with Crippen LogP contribution in [0.25, 0.3) is 21.2 Å². The number of halogens is 1. The molecule has 5 aromatic rings. The van der Waals surface area contributed by atoms with E-state index in [1.807, 2.05) is 18.2 Å². The predicted octanol–water partition coefficient (Wildman–Crippen LogP) is 5.85. The van der Waals surface area contributed by atoms with Gasteiger partial charge in [0.25, 0.3) is 5.91 Å². The van der Waals surface area contributed by atoms with Crippen LogP contribution in [0.3, 0.4) is 0 Å². The quantitative estimate of drug-likeness (QED) is 0.341. The number of fused-ring (bicyclic) bond motifs is 3. The lowest BCUT2D eigenvalue weighted by Crippen LogP contribution is -2.30. The second-order valence-corrected chi connectivity index (χ2v) is 8.93. The van der Waals surface area contributed by atoms with E-state index < -0.39 is 17.8 Å². The number of anilines is 1. The number of nitrogens with zero attached hydrogens (tertiary/aromatic N) is 2. The van der Waals surface area contributed by atoms with Gasteiger partial charge in [0.2, 0.25) is 5.76 Å². The number of hydrogen-bond donors (Lipinski definition) is 0. The van der Waals surface area contributed by atoms with Crippen molar-refractivity contribution in [2.75, 3.05) is 4.90 Å². The fourth-order valence-corrected chi connectivity index (χ4v) is 5.44. The molecule has 6 rings (SSSR count). The van der Waals surface area contributed by atoms with Gasteiger partial charge >= 0.3 is 0 Å². The zero-order valence-electron chi connectivity index (χ0n) is 17.5. The molecule has 0 N–H and O–H groups in total. The number of carbonyl (C=O) groups is 1. The summed E-state index contributed by atoms with van der Waals surface area (Å²) in [6, 6.07) is 17.9. The van der Waals surface area contributed by atoms with Gasteiger partial charge in [0.15, 0.2) is 10.6 Å². The van der Waals surface area contributed by atoms with Crippen molar-refractivity contribution in [2.24, 2.45) is 0 Å². The first-order valence-corrected chi connectivity index (χ1v) is 11.4. The van der Waals surface area contributed by atoms with Crippen LogP contribution in [0.2, 0.25) is 0 Å². The summed E-state index contributed by atoms with van der Waals surface area (Å²) in [4.78, 5) is 33.2. The summed E-state index contributed by atoms with van der Waals surface area (Å²) in [5.74, 6) is -1.08. The van der Waals surface area contributed by atoms with Gasteiger partial charge in [0.1, 0.15) is 17.4 Å². The number of aromatic nitrogens is 1. The third-order valence-electron chi connectivity index (χ3n) is 6.03. The van der Waals surface area contributed by atoms with Crippen LogP contribution in [0.5, 0.6) is 0 Å². The van der Waals surface area contributed by atoms with E-state index in [2.05, 4.69) is 11.9 Å². The third-order valence-corrected chi connectivity index (χ3v) is 7.05. The zero-order chi connectivity index (χ0) is 22.7. The number of carbonyl (C=O) groups excluding carboxylic acids is 1. The minimum Gasteiger partial charge on any atom is -0.450 e. The van der Waals surface area contributed by atoms with Crippen LogP contribution in [-0.4, -0.2) is 10.9 Å². The van der Waals surface area contributed by atoms with Gasteiger partial charge in [-0.05, 0) is 42.3 Å². The van der Waals surface area contributed by atoms with Gasteiger partial charge in [0.05, 0.1) is 21.2 Å². The molecule has 1 aliphatic heterocycles. The number of rotatable bonds is 3.